The highest BCUT2D eigenvalue weighted by molar-refractivity contribution is 7.88. The van der Waals surface area contributed by atoms with Crippen LogP contribution in [0.3, 0.4) is 0 Å². The molecule has 0 aromatic heterocycles. The van der Waals surface area contributed by atoms with Crippen molar-refractivity contribution >= 4 is 44.6 Å². The van der Waals surface area contributed by atoms with Crippen LogP contribution in [-0.4, -0.2) is 56.2 Å². The van der Waals surface area contributed by atoms with Gasteiger partial charge < -0.3 is 10.2 Å². The van der Waals surface area contributed by atoms with Crippen molar-refractivity contribution in [1.29, 1.82) is 0 Å². The first kappa shape index (κ1) is 22.2. The number of nitrogens with zero attached hydrogens (tertiary/aromatic N) is 2. The maximum Gasteiger partial charge on any atom is 0.257 e. The molecule has 3 rings (SSSR count). The van der Waals surface area contributed by atoms with E-state index in [2.05, 4.69) is 15.5 Å². The number of aryl methyl sites for hydroxylation is 2. The van der Waals surface area contributed by atoms with Gasteiger partial charge in [0, 0.05) is 31.7 Å². The van der Waals surface area contributed by atoms with E-state index in [1.165, 1.54) is 10.6 Å². The van der Waals surface area contributed by atoms with Crippen LogP contribution in [-0.2, 0) is 10.0 Å². The summed E-state index contributed by atoms with van der Waals surface area (Å²) >= 11 is 5.35. The summed E-state index contributed by atoms with van der Waals surface area (Å²) < 4.78 is 25.0. The number of hydrogen-bond donors (Lipinski definition) is 2. The number of benzene rings is 2. The van der Waals surface area contributed by atoms with Gasteiger partial charge in [0.05, 0.1) is 17.6 Å². The Morgan fingerprint density at radius 2 is 1.67 bits per heavy atom. The zero-order chi connectivity index (χ0) is 21.9. The molecule has 1 saturated heterocycles. The van der Waals surface area contributed by atoms with Gasteiger partial charge in [-0.05, 0) is 61.5 Å². The van der Waals surface area contributed by atoms with Gasteiger partial charge in [-0.25, -0.2) is 8.42 Å². The van der Waals surface area contributed by atoms with E-state index in [0.717, 1.165) is 22.5 Å². The van der Waals surface area contributed by atoms with Crippen LogP contribution in [0.25, 0.3) is 0 Å². The molecule has 160 valence electrons. The predicted molar refractivity (Wildman–Crippen MR) is 125 cm³/mol. The number of para-hydroxylation sites is 2. The highest BCUT2D eigenvalue weighted by Gasteiger charge is 2.24. The average molecular weight is 447 g/mol. The average Bonchev–Trinajstić information content (AvgIpc) is 2.70. The summed E-state index contributed by atoms with van der Waals surface area (Å²) in [6.45, 7) is 5.97. The molecule has 0 unspecified atom stereocenters. The number of sulfonamides is 1. The van der Waals surface area contributed by atoms with Crippen molar-refractivity contribution in [2.45, 2.75) is 13.8 Å². The van der Waals surface area contributed by atoms with Gasteiger partial charge in [0.2, 0.25) is 10.0 Å². The Labute approximate surface area is 183 Å². The Morgan fingerprint density at radius 3 is 2.30 bits per heavy atom. The van der Waals surface area contributed by atoms with Gasteiger partial charge in [0.15, 0.2) is 5.11 Å². The normalized spacial score (nSPS) is 15.0. The summed E-state index contributed by atoms with van der Waals surface area (Å²) in [6.07, 6.45) is 1.23. The van der Waals surface area contributed by atoms with Gasteiger partial charge in [-0.1, -0.05) is 18.2 Å². The van der Waals surface area contributed by atoms with Crippen molar-refractivity contribution in [3.8, 4) is 0 Å². The molecule has 0 saturated carbocycles. The standard InChI is InChI=1S/C21H26N4O3S2/c1-15-8-9-17(14-16(15)2)20(26)23-21(29)22-18-6-4-5-7-19(18)24-10-12-25(13-11-24)30(3,27)28/h4-9,14H,10-13H2,1-3H3,(H2,22,23,26,29). The molecule has 1 amide bonds. The van der Waals surface area contributed by atoms with E-state index in [1.807, 2.05) is 50.2 Å². The molecule has 0 aliphatic carbocycles. The number of carbonyl (C=O) groups is 1. The van der Waals surface area contributed by atoms with Crippen LogP contribution in [0.4, 0.5) is 11.4 Å². The third-order valence-electron chi connectivity index (χ3n) is 5.20. The minimum absolute atomic E-state index is 0.209. The number of anilines is 2. The molecule has 1 fully saturated rings. The third kappa shape index (κ3) is 5.35. The van der Waals surface area contributed by atoms with Crippen molar-refractivity contribution in [2.24, 2.45) is 0 Å². The summed E-state index contributed by atoms with van der Waals surface area (Å²) in [5.41, 5.74) is 4.38. The van der Waals surface area contributed by atoms with E-state index >= 15 is 0 Å². The lowest BCUT2D eigenvalue weighted by atomic mass is 10.1. The number of carbonyl (C=O) groups excluding carboxylic acids is 1. The molecule has 2 aromatic rings. The predicted octanol–water partition coefficient (Wildman–Crippen LogP) is 2.51. The van der Waals surface area contributed by atoms with Crippen LogP contribution in [0.2, 0.25) is 0 Å². The highest BCUT2D eigenvalue weighted by atomic mass is 32.2. The van der Waals surface area contributed by atoms with Gasteiger partial charge in [-0.3, -0.25) is 10.1 Å². The quantitative estimate of drug-likeness (QED) is 0.703. The fraction of sp³-hybridized carbons (Fsp3) is 0.333. The number of hydrogen-bond acceptors (Lipinski definition) is 5. The molecule has 2 N–H and O–H groups in total. The highest BCUT2D eigenvalue weighted by Crippen LogP contribution is 2.27. The van der Waals surface area contributed by atoms with E-state index in [-0.39, 0.29) is 11.0 Å². The van der Waals surface area contributed by atoms with Crippen LogP contribution in [0.5, 0.6) is 0 Å². The summed E-state index contributed by atoms with van der Waals surface area (Å²) in [7, 11) is -3.18. The molecule has 0 atom stereocenters. The molecule has 0 spiro atoms. The largest absolute Gasteiger partial charge is 0.367 e. The Balaban J connectivity index is 1.67. The molecule has 0 radical (unpaired) electrons. The maximum atomic E-state index is 12.5. The third-order valence-corrected chi connectivity index (χ3v) is 6.70. The first-order valence-electron chi connectivity index (χ1n) is 9.64. The fourth-order valence-corrected chi connectivity index (χ4v) is 4.36. The van der Waals surface area contributed by atoms with E-state index in [1.54, 1.807) is 6.07 Å². The summed E-state index contributed by atoms with van der Waals surface area (Å²) in [4.78, 5) is 14.6. The van der Waals surface area contributed by atoms with Crippen molar-refractivity contribution in [1.82, 2.24) is 9.62 Å². The van der Waals surface area contributed by atoms with Gasteiger partial charge in [-0.2, -0.15) is 4.31 Å². The zero-order valence-corrected chi connectivity index (χ0v) is 18.9. The van der Waals surface area contributed by atoms with Gasteiger partial charge in [0.25, 0.3) is 5.91 Å². The topological polar surface area (TPSA) is 81.8 Å². The Morgan fingerprint density at radius 1 is 1.00 bits per heavy atom. The number of piperazine rings is 1. The molecule has 1 heterocycles. The van der Waals surface area contributed by atoms with Crippen molar-refractivity contribution in [2.75, 3.05) is 42.7 Å². The molecule has 7 nitrogen and oxygen atoms in total. The lowest BCUT2D eigenvalue weighted by molar-refractivity contribution is 0.0977. The molecular weight excluding hydrogens is 420 g/mol. The Bertz CT molecular complexity index is 1060. The van der Waals surface area contributed by atoms with E-state index in [4.69, 9.17) is 12.2 Å². The molecule has 2 aromatic carbocycles. The lowest BCUT2D eigenvalue weighted by Crippen LogP contribution is -2.48. The van der Waals surface area contributed by atoms with Gasteiger partial charge >= 0.3 is 0 Å². The summed E-state index contributed by atoms with van der Waals surface area (Å²) in [5.74, 6) is -0.269. The smallest absolute Gasteiger partial charge is 0.257 e. The van der Waals surface area contributed by atoms with E-state index in [9.17, 15) is 13.2 Å². The van der Waals surface area contributed by atoms with Crippen LogP contribution >= 0.6 is 12.2 Å². The molecule has 0 bridgehead atoms. The monoisotopic (exact) mass is 446 g/mol. The number of nitrogens with one attached hydrogen (secondary N) is 2. The minimum Gasteiger partial charge on any atom is -0.367 e. The lowest BCUT2D eigenvalue weighted by Gasteiger charge is -2.35. The van der Waals surface area contributed by atoms with Crippen LogP contribution < -0.4 is 15.5 Å². The fourth-order valence-electron chi connectivity index (χ4n) is 3.33. The second kappa shape index (κ2) is 9.11. The molecule has 1 aliphatic rings. The van der Waals surface area contributed by atoms with Crippen LogP contribution in [0.15, 0.2) is 42.5 Å². The summed E-state index contributed by atoms with van der Waals surface area (Å²) in [6, 6.07) is 13.1. The van der Waals surface area contributed by atoms with Gasteiger partial charge in [-0.15, -0.1) is 0 Å². The van der Waals surface area contributed by atoms with Crippen molar-refractivity contribution in [3.05, 3.63) is 59.2 Å². The first-order chi connectivity index (χ1) is 14.1. The van der Waals surface area contributed by atoms with Gasteiger partial charge in [0.1, 0.15) is 0 Å². The molecule has 1 aliphatic heterocycles. The second-order valence-electron chi connectivity index (χ2n) is 7.37. The maximum absolute atomic E-state index is 12.5. The minimum atomic E-state index is -3.18. The zero-order valence-electron chi connectivity index (χ0n) is 17.3. The molecular formula is C21H26N4O3S2. The van der Waals surface area contributed by atoms with Crippen molar-refractivity contribution in [3.63, 3.8) is 0 Å². The first-order valence-corrected chi connectivity index (χ1v) is 11.9. The Hall–Kier alpha value is -2.49. The molecule has 9 heteroatoms. The second-order valence-corrected chi connectivity index (χ2v) is 9.76. The van der Waals surface area contributed by atoms with E-state index < -0.39 is 10.0 Å². The van der Waals surface area contributed by atoms with E-state index in [0.29, 0.717) is 31.7 Å². The number of thiocarbonyl (C=S) groups is 1. The number of rotatable bonds is 4. The SMILES string of the molecule is Cc1ccc(C(=O)NC(=S)Nc2ccccc2N2CCN(S(C)(=O)=O)CC2)cc1C. The van der Waals surface area contributed by atoms with Crippen LogP contribution in [0.1, 0.15) is 21.5 Å². The summed E-state index contributed by atoms with van der Waals surface area (Å²) in [5, 5.41) is 6.03. The number of amides is 1. The molecule has 30 heavy (non-hydrogen) atoms. The van der Waals surface area contributed by atoms with Crippen LogP contribution in [0, 0.1) is 13.8 Å². The van der Waals surface area contributed by atoms with Crippen molar-refractivity contribution < 1.29 is 13.2 Å². The Kier molecular flexibility index (Phi) is 6.74.